The van der Waals surface area contributed by atoms with Crippen LogP contribution in [0.15, 0.2) is 41.0 Å². The molecule has 0 saturated heterocycles. The maximum atomic E-state index is 5.71. The highest BCUT2D eigenvalue weighted by Crippen LogP contribution is 2.16. The SMILES string of the molecule is COCCc1ccc(OCc2ccoc2CN)cc1. The molecule has 1 heterocycles. The zero-order valence-electron chi connectivity index (χ0n) is 11.1. The molecule has 2 rings (SSSR count). The number of ether oxygens (including phenoxy) is 2. The third-order valence-corrected chi connectivity index (χ3v) is 2.94. The predicted octanol–water partition coefficient (Wildman–Crippen LogP) is 2.51. The lowest BCUT2D eigenvalue weighted by Gasteiger charge is -2.07. The third kappa shape index (κ3) is 3.84. The topological polar surface area (TPSA) is 57.6 Å². The molecule has 1 aromatic carbocycles. The average Bonchev–Trinajstić information content (AvgIpc) is 2.91. The van der Waals surface area contributed by atoms with Gasteiger partial charge in [-0.2, -0.15) is 0 Å². The van der Waals surface area contributed by atoms with E-state index >= 15 is 0 Å². The van der Waals surface area contributed by atoms with E-state index < -0.39 is 0 Å². The molecular weight excluding hydrogens is 242 g/mol. The summed E-state index contributed by atoms with van der Waals surface area (Å²) < 4.78 is 16.0. The molecule has 0 spiro atoms. The molecule has 0 radical (unpaired) electrons. The van der Waals surface area contributed by atoms with Crippen molar-refractivity contribution in [3.05, 3.63) is 53.5 Å². The smallest absolute Gasteiger partial charge is 0.123 e. The summed E-state index contributed by atoms with van der Waals surface area (Å²) in [6, 6.07) is 9.91. The van der Waals surface area contributed by atoms with Crippen LogP contribution in [-0.2, 0) is 24.3 Å². The van der Waals surface area contributed by atoms with Gasteiger partial charge in [-0.25, -0.2) is 0 Å². The molecule has 2 aromatic rings. The second kappa shape index (κ2) is 6.97. The quantitative estimate of drug-likeness (QED) is 0.832. The van der Waals surface area contributed by atoms with Crippen LogP contribution in [0.3, 0.4) is 0 Å². The molecule has 0 aliphatic carbocycles. The van der Waals surface area contributed by atoms with Crippen LogP contribution < -0.4 is 10.5 Å². The summed E-state index contributed by atoms with van der Waals surface area (Å²) in [5.41, 5.74) is 7.80. The maximum Gasteiger partial charge on any atom is 0.123 e. The summed E-state index contributed by atoms with van der Waals surface area (Å²) in [4.78, 5) is 0. The van der Waals surface area contributed by atoms with Gasteiger partial charge in [-0.05, 0) is 30.2 Å². The normalized spacial score (nSPS) is 10.6. The van der Waals surface area contributed by atoms with E-state index in [-0.39, 0.29) is 0 Å². The zero-order valence-corrected chi connectivity index (χ0v) is 11.1. The van der Waals surface area contributed by atoms with E-state index in [1.165, 1.54) is 5.56 Å². The highest BCUT2D eigenvalue weighted by Gasteiger charge is 2.05. The Hall–Kier alpha value is -1.78. The van der Waals surface area contributed by atoms with Crippen molar-refractivity contribution in [1.29, 1.82) is 0 Å². The number of methoxy groups -OCH3 is 1. The molecule has 19 heavy (non-hydrogen) atoms. The van der Waals surface area contributed by atoms with E-state index in [0.717, 1.165) is 30.1 Å². The van der Waals surface area contributed by atoms with Gasteiger partial charge < -0.3 is 19.6 Å². The molecule has 0 unspecified atom stereocenters. The summed E-state index contributed by atoms with van der Waals surface area (Å²) >= 11 is 0. The Kier molecular flexibility index (Phi) is 5.01. The lowest BCUT2D eigenvalue weighted by molar-refractivity contribution is 0.202. The molecule has 4 nitrogen and oxygen atoms in total. The Morgan fingerprint density at radius 3 is 2.63 bits per heavy atom. The first-order valence-corrected chi connectivity index (χ1v) is 6.29. The number of hydrogen-bond acceptors (Lipinski definition) is 4. The summed E-state index contributed by atoms with van der Waals surface area (Å²) in [7, 11) is 1.71. The Labute approximate surface area is 113 Å². The molecule has 0 bridgehead atoms. The number of hydrogen-bond donors (Lipinski definition) is 1. The lowest BCUT2D eigenvalue weighted by atomic mass is 10.1. The molecule has 2 N–H and O–H groups in total. The van der Waals surface area contributed by atoms with E-state index in [1.807, 2.05) is 30.3 Å². The Bertz CT molecular complexity index is 490. The van der Waals surface area contributed by atoms with Crippen LogP contribution in [0.2, 0.25) is 0 Å². The second-order valence-corrected chi connectivity index (χ2v) is 4.25. The first-order valence-electron chi connectivity index (χ1n) is 6.29. The van der Waals surface area contributed by atoms with Gasteiger partial charge in [-0.1, -0.05) is 12.1 Å². The fourth-order valence-corrected chi connectivity index (χ4v) is 1.81. The minimum atomic E-state index is 0.391. The maximum absolute atomic E-state index is 5.71. The fourth-order valence-electron chi connectivity index (χ4n) is 1.81. The average molecular weight is 261 g/mol. The van der Waals surface area contributed by atoms with Crippen molar-refractivity contribution in [2.24, 2.45) is 5.73 Å². The van der Waals surface area contributed by atoms with Crippen molar-refractivity contribution in [2.45, 2.75) is 19.6 Å². The van der Waals surface area contributed by atoms with Crippen LogP contribution in [0.4, 0.5) is 0 Å². The molecular formula is C15H19NO3. The van der Waals surface area contributed by atoms with Gasteiger partial charge in [0.2, 0.25) is 0 Å². The van der Waals surface area contributed by atoms with Gasteiger partial charge in [-0.3, -0.25) is 0 Å². The monoisotopic (exact) mass is 261 g/mol. The zero-order chi connectivity index (χ0) is 13.5. The van der Waals surface area contributed by atoms with E-state index in [9.17, 15) is 0 Å². The number of furan rings is 1. The number of nitrogens with two attached hydrogens (primary N) is 1. The summed E-state index contributed by atoms with van der Waals surface area (Å²) in [5, 5.41) is 0. The third-order valence-electron chi connectivity index (χ3n) is 2.94. The van der Waals surface area contributed by atoms with Gasteiger partial charge in [0.1, 0.15) is 18.1 Å². The number of benzene rings is 1. The van der Waals surface area contributed by atoms with E-state index in [2.05, 4.69) is 0 Å². The van der Waals surface area contributed by atoms with Crippen LogP contribution in [0.25, 0.3) is 0 Å². The lowest BCUT2D eigenvalue weighted by Crippen LogP contribution is -2.02. The van der Waals surface area contributed by atoms with Crippen molar-refractivity contribution in [2.75, 3.05) is 13.7 Å². The minimum absolute atomic E-state index is 0.391. The summed E-state index contributed by atoms with van der Waals surface area (Å²) in [6.45, 7) is 1.59. The minimum Gasteiger partial charge on any atom is -0.489 e. The first-order chi connectivity index (χ1) is 9.33. The Morgan fingerprint density at radius 2 is 1.95 bits per heavy atom. The summed E-state index contributed by atoms with van der Waals surface area (Å²) in [6.07, 6.45) is 2.55. The first kappa shape index (κ1) is 13.6. The van der Waals surface area contributed by atoms with Crippen LogP contribution in [-0.4, -0.2) is 13.7 Å². The standard InChI is InChI=1S/C15H19NO3/c1-17-8-6-12-2-4-14(5-3-12)19-11-13-7-9-18-15(13)10-16/h2-5,7,9H,6,8,10-11,16H2,1H3. The van der Waals surface area contributed by atoms with Gasteiger partial charge in [0, 0.05) is 12.7 Å². The molecule has 0 saturated carbocycles. The Balaban J connectivity index is 1.89. The molecule has 0 atom stereocenters. The van der Waals surface area contributed by atoms with Gasteiger partial charge in [-0.15, -0.1) is 0 Å². The van der Waals surface area contributed by atoms with E-state index in [4.69, 9.17) is 19.6 Å². The van der Waals surface area contributed by atoms with E-state index in [1.54, 1.807) is 13.4 Å². The van der Waals surface area contributed by atoms with Crippen molar-refractivity contribution >= 4 is 0 Å². The van der Waals surface area contributed by atoms with Crippen molar-refractivity contribution in [3.8, 4) is 5.75 Å². The number of rotatable bonds is 7. The summed E-state index contributed by atoms with van der Waals surface area (Å²) in [5.74, 6) is 1.61. The van der Waals surface area contributed by atoms with Gasteiger partial charge in [0.05, 0.1) is 19.4 Å². The van der Waals surface area contributed by atoms with Crippen molar-refractivity contribution < 1.29 is 13.9 Å². The van der Waals surface area contributed by atoms with Crippen LogP contribution in [0.5, 0.6) is 5.75 Å². The predicted molar refractivity (Wildman–Crippen MR) is 73.0 cm³/mol. The fraction of sp³-hybridized carbons (Fsp3) is 0.333. The van der Waals surface area contributed by atoms with Gasteiger partial charge >= 0.3 is 0 Å². The largest absolute Gasteiger partial charge is 0.489 e. The van der Waals surface area contributed by atoms with Crippen molar-refractivity contribution in [1.82, 2.24) is 0 Å². The molecule has 102 valence electrons. The highest BCUT2D eigenvalue weighted by molar-refractivity contribution is 5.28. The van der Waals surface area contributed by atoms with Gasteiger partial charge in [0.25, 0.3) is 0 Å². The van der Waals surface area contributed by atoms with E-state index in [0.29, 0.717) is 13.2 Å². The van der Waals surface area contributed by atoms with Crippen LogP contribution in [0.1, 0.15) is 16.9 Å². The van der Waals surface area contributed by atoms with Crippen LogP contribution >= 0.6 is 0 Å². The molecule has 0 amide bonds. The van der Waals surface area contributed by atoms with Gasteiger partial charge in [0.15, 0.2) is 0 Å². The Morgan fingerprint density at radius 1 is 1.16 bits per heavy atom. The molecule has 4 heteroatoms. The molecule has 0 aliphatic heterocycles. The second-order valence-electron chi connectivity index (χ2n) is 4.25. The molecule has 1 aromatic heterocycles. The van der Waals surface area contributed by atoms with Crippen LogP contribution in [0, 0.1) is 0 Å². The molecule has 0 fully saturated rings. The highest BCUT2D eigenvalue weighted by atomic mass is 16.5. The van der Waals surface area contributed by atoms with Crippen molar-refractivity contribution in [3.63, 3.8) is 0 Å². The molecule has 0 aliphatic rings.